The van der Waals surface area contributed by atoms with E-state index in [0.717, 1.165) is 59.8 Å². The molecule has 0 bridgehead atoms. The fraction of sp³-hybridized carbons (Fsp3) is 0.185. The number of nitrogens with zero attached hydrogens (tertiary/aromatic N) is 2. The Morgan fingerprint density at radius 3 is 0.819 bits per heavy atom. The second-order valence-electron chi connectivity index (χ2n) is 23.3. The zero-order valence-electron chi connectivity index (χ0n) is 50.6. The van der Waals surface area contributed by atoms with Crippen LogP contribution in [0.4, 0.5) is 34.1 Å². The second kappa shape index (κ2) is 24.2. The molecular weight excluding hydrogens is 1000 g/mol. The number of hydrogen-bond donors (Lipinski definition) is 0. The summed E-state index contributed by atoms with van der Waals surface area (Å²) >= 11 is 0. The molecular formula is C81H78N2. The minimum atomic E-state index is 1.10. The van der Waals surface area contributed by atoms with Crippen molar-refractivity contribution in [2.24, 2.45) is 0 Å². The van der Waals surface area contributed by atoms with E-state index in [1.807, 2.05) is 0 Å². The van der Waals surface area contributed by atoms with Gasteiger partial charge in [-0.15, -0.1) is 0 Å². The van der Waals surface area contributed by atoms with Crippen molar-refractivity contribution in [2.45, 2.75) is 102 Å². The standard InChI is InChI=1S/C81H78N2/c1-12-14-62-19-25-66(26-20-62)76-42-37-71(47-56(76)6)82(69-33-29-65(30-34-69)64-23-16-53(3)17-24-64)73-39-44-78(58(8)49-73)80-51-61(11)81(52-60(80)10)79-45-40-74(50-59(79)9)83(70-35-31-68(32-36-70)75-41-18-54(4)46-55(75)5)72-38-43-77(57(7)48-72)67-27-21-63(15-13-2)22-28-67/h16-52H,12-15H2,1-11H3. The van der Waals surface area contributed by atoms with Crippen molar-refractivity contribution in [3.8, 4) is 66.8 Å². The summed E-state index contributed by atoms with van der Waals surface area (Å²) in [4.78, 5) is 4.83. The third-order valence-corrected chi connectivity index (χ3v) is 17.0. The molecule has 11 aromatic rings. The summed E-state index contributed by atoms with van der Waals surface area (Å²) in [5.74, 6) is 0. The van der Waals surface area contributed by atoms with Gasteiger partial charge >= 0.3 is 0 Å². The van der Waals surface area contributed by atoms with Crippen LogP contribution >= 0.6 is 0 Å². The van der Waals surface area contributed by atoms with Crippen LogP contribution in [0, 0.1) is 62.3 Å². The minimum absolute atomic E-state index is 1.10. The summed E-state index contributed by atoms with van der Waals surface area (Å²) < 4.78 is 0. The maximum Gasteiger partial charge on any atom is 0.0464 e. The smallest absolute Gasteiger partial charge is 0.0464 e. The molecule has 0 atom stereocenters. The Morgan fingerprint density at radius 2 is 0.482 bits per heavy atom. The first-order valence-corrected chi connectivity index (χ1v) is 29.9. The maximum absolute atomic E-state index is 2.42. The van der Waals surface area contributed by atoms with Crippen molar-refractivity contribution in [3.05, 3.63) is 286 Å². The number of rotatable bonds is 16. The van der Waals surface area contributed by atoms with E-state index >= 15 is 0 Å². The summed E-state index contributed by atoms with van der Waals surface area (Å²) in [5.41, 5.74) is 35.8. The molecule has 0 heterocycles. The lowest BCUT2D eigenvalue weighted by atomic mass is 9.88. The van der Waals surface area contributed by atoms with E-state index < -0.39 is 0 Å². The minimum Gasteiger partial charge on any atom is -0.310 e. The molecule has 0 aromatic heterocycles. The molecule has 412 valence electrons. The molecule has 0 radical (unpaired) electrons. The van der Waals surface area contributed by atoms with E-state index in [1.165, 1.54) is 128 Å². The largest absolute Gasteiger partial charge is 0.310 e. The third kappa shape index (κ3) is 11.9. The molecule has 0 saturated heterocycles. The summed E-state index contributed by atoms with van der Waals surface area (Å²) in [7, 11) is 0. The van der Waals surface area contributed by atoms with E-state index in [2.05, 4.69) is 310 Å². The first-order valence-electron chi connectivity index (χ1n) is 29.9. The van der Waals surface area contributed by atoms with E-state index in [0.29, 0.717) is 0 Å². The molecule has 0 spiro atoms. The van der Waals surface area contributed by atoms with E-state index in [1.54, 1.807) is 0 Å². The zero-order valence-corrected chi connectivity index (χ0v) is 50.6. The third-order valence-electron chi connectivity index (χ3n) is 17.0. The van der Waals surface area contributed by atoms with Crippen LogP contribution in [-0.2, 0) is 12.8 Å². The first-order chi connectivity index (χ1) is 40.2. The van der Waals surface area contributed by atoms with Gasteiger partial charge in [-0.2, -0.15) is 0 Å². The molecule has 83 heavy (non-hydrogen) atoms. The molecule has 0 amide bonds. The quantitative estimate of drug-likeness (QED) is 0.0951. The Balaban J connectivity index is 0.918. The van der Waals surface area contributed by atoms with Gasteiger partial charge in [0, 0.05) is 34.1 Å². The Labute approximate surface area is 495 Å². The van der Waals surface area contributed by atoms with Crippen LogP contribution in [0.5, 0.6) is 0 Å². The lowest BCUT2D eigenvalue weighted by molar-refractivity contribution is 0.922. The second-order valence-corrected chi connectivity index (χ2v) is 23.3. The van der Waals surface area contributed by atoms with E-state index in [4.69, 9.17) is 0 Å². The topological polar surface area (TPSA) is 6.48 Å². The molecule has 0 unspecified atom stereocenters. The molecule has 11 aromatic carbocycles. The SMILES string of the molecule is CCCc1ccc(-c2ccc(N(c3ccc(-c4ccc(C)cc4)cc3)c3ccc(-c4cc(C)c(-c5ccc(N(c6ccc(-c7ccc(C)cc7C)cc6)c6ccc(-c7ccc(CCC)cc7)c(C)c6)cc5C)cc4C)c(C)c3)cc2C)cc1. The Morgan fingerprint density at radius 1 is 0.217 bits per heavy atom. The van der Waals surface area contributed by atoms with Gasteiger partial charge in [-0.05, 0) is 265 Å². The summed E-state index contributed by atoms with van der Waals surface area (Å²) in [6.45, 7) is 24.6. The molecule has 0 aliphatic heterocycles. The molecule has 11 rings (SSSR count). The zero-order chi connectivity index (χ0) is 57.9. The highest BCUT2D eigenvalue weighted by atomic mass is 15.1. The van der Waals surface area contributed by atoms with Crippen LogP contribution in [0.1, 0.15) is 87.9 Å². The predicted octanol–water partition coefficient (Wildman–Crippen LogP) is 23.3. The van der Waals surface area contributed by atoms with Gasteiger partial charge in [0.1, 0.15) is 0 Å². The van der Waals surface area contributed by atoms with Crippen LogP contribution in [0.2, 0.25) is 0 Å². The van der Waals surface area contributed by atoms with Crippen molar-refractivity contribution >= 4 is 34.1 Å². The fourth-order valence-corrected chi connectivity index (χ4v) is 12.4. The van der Waals surface area contributed by atoms with Crippen LogP contribution in [0.25, 0.3) is 66.8 Å². The van der Waals surface area contributed by atoms with Gasteiger partial charge < -0.3 is 9.80 Å². The van der Waals surface area contributed by atoms with Crippen LogP contribution in [0.15, 0.2) is 224 Å². The molecule has 0 saturated carbocycles. The average molecular weight is 1080 g/mol. The molecule has 0 fully saturated rings. The summed E-state index contributed by atoms with van der Waals surface area (Å²) in [6, 6.07) is 84.7. The van der Waals surface area contributed by atoms with Crippen LogP contribution in [-0.4, -0.2) is 0 Å². The van der Waals surface area contributed by atoms with Gasteiger partial charge in [0.2, 0.25) is 0 Å². The maximum atomic E-state index is 2.42. The van der Waals surface area contributed by atoms with Crippen LogP contribution in [0.3, 0.4) is 0 Å². The number of aryl methyl sites for hydroxylation is 11. The van der Waals surface area contributed by atoms with Crippen molar-refractivity contribution < 1.29 is 0 Å². The molecule has 2 heteroatoms. The van der Waals surface area contributed by atoms with Gasteiger partial charge in [0.25, 0.3) is 0 Å². The van der Waals surface area contributed by atoms with E-state index in [9.17, 15) is 0 Å². The Bertz CT molecular complexity index is 4100. The average Bonchev–Trinajstić information content (AvgIpc) is 3.51. The highest BCUT2D eigenvalue weighted by Crippen LogP contribution is 2.44. The molecule has 0 aliphatic carbocycles. The van der Waals surface area contributed by atoms with Crippen molar-refractivity contribution in [1.82, 2.24) is 0 Å². The predicted molar refractivity (Wildman–Crippen MR) is 359 cm³/mol. The highest BCUT2D eigenvalue weighted by Gasteiger charge is 2.21. The highest BCUT2D eigenvalue weighted by molar-refractivity contribution is 5.87. The molecule has 2 nitrogen and oxygen atoms in total. The normalized spacial score (nSPS) is 11.3. The first kappa shape index (κ1) is 55.9. The van der Waals surface area contributed by atoms with Crippen LogP contribution < -0.4 is 9.80 Å². The van der Waals surface area contributed by atoms with Crippen molar-refractivity contribution in [2.75, 3.05) is 9.80 Å². The Hall–Kier alpha value is -8.98. The van der Waals surface area contributed by atoms with Gasteiger partial charge in [-0.1, -0.05) is 189 Å². The summed E-state index contributed by atoms with van der Waals surface area (Å²) in [5, 5.41) is 0. The van der Waals surface area contributed by atoms with Crippen molar-refractivity contribution in [1.29, 1.82) is 0 Å². The Kier molecular flexibility index (Phi) is 16.3. The summed E-state index contributed by atoms with van der Waals surface area (Å²) in [6.07, 6.45) is 4.50. The van der Waals surface area contributed by atoms with Gasteiger partial charge in [0.15, 0.2) is 0 Å². The number of hydrogen-bond acceptors (Lipinski definition) is 2. The monoisotopic (exact) mass is 1080 g/mol. The lowest BCUT2D eigenvalue weighted by Crippen LogP contribution is -2.11. The molecule has 0 aliphatic rings. The fourth-order valence-electron chi connectivity index (χ4n) is 12.4. The number of anilines is 6. The van der Waals surface area contributed by atoms with Gasteiger partial charge in [-0.25, -0.2) is 0 Å². The van der Waals surface area contributed by atoms with Crippen molar-refractivity contribution in [3.63, 3.8) is 0 Å². The lowest BCUT2D eigenvalue weighted by Gasteiger charge is -2.28. The number of benzene rings is 11. The van der Waals surface area contributed by atoms with Gasteiger partial charge in [0.05, 0.1) is 0 Å². The van der Waals surface area contributed by atoms with E-state index in [-0.39, 0.29) is 0 Å². The van der Waals surface area contributed by atoms with Gasteiger partial charge in [-0.3, -0.25) is 0 Å². The molecule has 0 N–H and O–H groups in total.